The van der Waals surface area contributed by atoms with Crippen LogP contribution in [-0.4, -0.2) is 60.8 Å². The second-order valence-corrected chi connectivity index (χ2v) is 11.5. The molecule has 2 aliphatic heterocycles. The number of piperidine rings is 1. The summed E-state index contributed by atoms with van der Waals surface area (Å²) >= 11 is 0. The molecule has 0 radical (unpaired) electrons. The number of imidazole rings is 1. The Morgan fingerprint density at radius 1 is 1.02 bits per heavy atom. The number of aromatic nitrogens is 4. The van der Waals surface area contributed by atoms with Gasteiger partial charge in [0.1, 0.15) is 5.60 Å². The van der Waals surface area contributed by atoms with E-state index in [1.54, 1.807) is 22.7 Å². The number of likely N-dealkylation sites (tertiary alicyclic amines) is 1. The highest BCUT2D eigenvalue weighted by Crippen LogP contribution is 2.32. The first-order chi connectivity index (χ1) is 19.1. The predicted octanol–water partition coefficient (Wildman–Crippen LogP) is 3.78. The van der Waals surface area contributed by atoms with Crippen LogP contribution in [0, 0.1) is 0 Å². The molecule has 2 N–H and O–H groups in total. The van der Waals surface area contributed by atoms with E-state index in [4.69, 9.17) is 4.74 Å². The summed E-state index contributed by atoms with van der Waals surface area (Å²) in [4.78, 5) is 37.2. The molecule has 0 unspecified atom stereocenters. The summed E-state index contributed by atoms with van der Waals surface area (Å²) in [7, 11) is 3.70. The Kier molecular flexibility index (Phi) is 6.25. The lowest BCUT2D eigenvalue weighted by molar-refractivity contribution is 0.0188. The SMILES string of the molecule is CN1C=C(c2ccc(-c3ccc4ncc5c(c4c3)n(C3CCN(C(=O)OC(C)(C)C)CC3)c(=O)n5C)cn2)NN1. The molecule has 1 saturated heterocycles. The number of fused-ring (bicyclic) bond motifs is 3. The van der Waals surface area contributed by atoms with E-state index >= 15 is 0 Å². The molecule has 208 valence electrons. The average Bonchev–Trinajstić information content (AvgIpc) is 3.48. The van der Waals surface area contributed by atoms with Crippen molar-refractivity contribution in [3.05, 3.63) is 65.1 Å². The molecule has 40 heavy (non-hydrogen) atoms. The van der Waals surface area contributed by atoms with Gasteiger partial charge in [0.2, 0.25) is 0 Å². The minimum Gasteiger partial charge on any atom is -0.444 e. The highest BCUT2D eigenvalue weighted by molar-refractivity contribution is 6.04. The van der Waals surface area contributed by atoms with Crippen LogP contribution in [0.4, 0.5) is 4.79 Å². The van der Waals surface area contributed by atoms with Gasteiger partial charge in [-0.2, -0.15) is 0 Å². The third kappa shape index (κ3) is 4.66. The molecule has 11 nitrogen and oxygen atoms in total. The molecule has 3 aromatic heterocycles. The average molecular weight is 543 g/mol. The molecular weight excluding hydrogens is 508 g/mol. The fourth-order valence-corrected chi connectivity index (χ4v) is 5.44. The van der Waals surface area contributed by atoms with Gasteiger partial charge in [-0.15, -0.1) is 5.53 Å². The minimum absolute atomic E-state index is 0.0379. The van der Waals surface area contributed by atoms with Crippen molar-refractivity contribution in [1.82, 2.24) is 40.0 Å². The maximum atomic E-state index is 13.5. The van der Waals surface area contributed by atoms with Gasteiger partial charge in [0, 0.05) is 56.6 Å². The Bertz CT molecular complexity index is 1690. The summed E-state index contributed by atoms with van der Waals surface area (Å²) in [5.41, 5.74) is 11.6. The van der Waals surface area contributed by atoms with Crippen LogP contribution in [0.3, 0.4) is 0 Å². The van der Waals surface area contributed by atoms with E-state index < -0.39 is 5.60 Å². The number of nitrogens with one attached hydrogen (secondary N) is 2. The number of aryl methyl sites for hydroxylation is 1. The predicted molar refractivity (Wildman–Crippen MR) is 154 cm³/mol. The number of ether oxygens (including phenoxy) is 1. The fraction of sp³-hybridized carbons (Fsp3) is 0.379. The normalized spacial score (nSPS) is 16.5. The van der Waals surface area contributed by atoms with Gasteiger partial charge < -0.3 is 15.1 Å². The van der Waals surface area contributed by atoms with Crippen molar-refractivity contribution in [2.75, 3.05) is 20.1 Å². The molecular formula is C29H34N8O3. The maximum Gasteiger partial charge on any atom is 0.410 e. The zero-order valence-electron chi connectivity index (χ0n) is 23.4. The zero-order chi connectivity index (χ0) is 28.2. The van der Waals surface area contributed by atoms with Crippen molar-refractivity contribution < 1.29 is 9.53 Å². The van der Waals surface area contributed by atoms with Crippen LogP contribution in [0.5, 0.6) is 0 Å². The summed E-state index contributed by atoms with van der Waals surface area (Å²) < 4.78 is 9.13. The number of rotatable bonds is 3. The number of carbonyl (C=O) groups is 1. The van der Waals surface area contributed by atoms with E-state index in [2.05, 4.69) is 27.0 Å². The monoisotopic (exact) mass is 542 g/mol. The van der Waals surface area contributed by atoms with Crippen molar-refractivity contribution >= 4 is 33.7 Å². The van der Waals surface area contributed by atoms with Crippen LogP contribution < -0.4 is 16.7 Å². The Labute approximate surface area is 232 Å². The lowest BCUT2D eigenvalue weighted by Crippen LogP contribution is -2.43. The van der Waals surface area contributed by atoms with Gasteiger partial charge in [-0.1, -0.05) is 12.1 Å². The van der Waals surface area contributed by atoms with Crippen LogP contribution >= 0.6 is 0 Å². The number of benzene rings is 1. The van der Waals surface area contributed by atoms with E-state index in [9.17, 15) is 9.59 Å². The van der Waals surface area contributed by atoms with Gasteiger partial charge in [-0.3, -0.25) is 24.1 Å². The standard InChI is InChI=1S/C29H34N8O3/c1-29(2,3)40-28(39)36-12-10-20(11-13-36)37-26-21-14-18(6-8-22(21)31-16-25(26)35(5)27(37)38)19-7-9-23(30-15-19)24-17-34(4)33-32-24/h6-9,14-17,20,32-33H,10-13H2,1-5H3. The number of amides is 1. The third-order valence-electron chi connectivity index (χ3n) is 7.46. The van der Waals surface area contributed by atoms with Crippen molar-refractivity contribution in [2.24, 2.45) is 7.05 Å². The van der Waals surface area contributed by atoms with Crippen LogP contribution in [0.25, 0.3) is 38.8 Å². The van der Waals surface area contributed by atoms with E-state index in [-0.39, 0.29) is 17.8 Å². The number of hydrogen-bond donors (Lipinski definition) is 2. The number of pyridine rings is 2. The summed E-state index contributed by atoms with van der Waals surface area (Å²) in [5, 5.41) is 2.74. The van der Waals surface area contributed by atoms with Gasteiger partial charge in [-0.25, -0.2) is 9.59 Å². The maximum absolute atomic E-state index is 13.5. The second-order valence-electron chi connectivity index (χ2n) is 11.5. The van der Waals surface area contributed by atoms with Gasteiger partial charge in [-0.05, 0) is 57.4 Å². The van der Waals surface area contributed by atoms with Crippen LogP contribution in [0.15, 0.2) is 53.7 Å². The van der Waals surface area contributed by atoms with Crippen LogP contribution in [-0.2, 0) is 11.8 Å². The lowest BCUT2D eigenvalue weighted by atomic mass is 10.0. The molecule has 0 bridgehead atoms. The van der Waals surface area contributed by atoms with E-state index in [0.717, 1.165) is 44.5 Å². The first-order valence-corrected chi connectivity index (χ1v) is 13.5. The van der Waals surface area contributed by atoms with E-state index in [1.807, 2.05) is 74.1 Å². The Balaban J connectivity index is 1.35. The lowest BCUT2D eigenvalue weighted by Gasteiger charge is -2.33. The first-order valence-electron chi connectivity index (χ1n) is 13.5. The summed E-state index contributed by atoms with van der Waals surface area (Å²) in [5.74, 6) is 0. The summed E-state index contributed by atoms with van der Waals surface area (Å²) in [6.07, 6.45) is 6.60. The molecule has 0 atom stereocenters. The van der Waals surface area contributed by atoms with Crippen molar-refractivity contribution in [3.8, 4) is 11.1 Å². The Morgan fingerprint density at radius 2 is 1.77 bits per heavy atom. The van der Waals surface area contributed by atoms with Crippen molar-refractivity contribution in [3.63, 3.8) is 0 Å². The van der Waals surface area contributed by atoms with Crippen LogP contribution in [0.2, 0.25) is 0 Å². The number of hydrazine groups is 2. The number of hydrogen-bond acceptors (Lipinski definition) is 8. The topological polar surface area (TPSA) is 110 Å². The smallest absolute Gasteiger partial charge is 0.410 e. The van der Waals surface area contributed by atoms with Gasteiger partial charge in [0.05, 0.1) is 34.1 Å². The Morgan fingerprint density at radius 3 is 2.42 bits per heavy atom. The van der Waals surface area contributed by atoms with Crippen LogP contribution in [0.1, 0.15) is 45.3 Å². The van der Waals surface area contributed by atoms with Gasteiger partial charge in [0.15, 0.2) is 0 Å². The summed E-state index contributed by atoms with van der Waals surface area (Å²) in [6, 6.07) is 10.1. The van der Waals surface area contributed by atoms with Gasteiger partial charge in [0.25, 0.3) is 0 Å². The second kappa shape index (κ2) is 9.67. The fourth-order valence-electron chi connectivity index (χ4n) is 5.44. The highest BCUT2D eigenvalue weighted by Gasteiger charge is 2.30. The molecule has 1 amide bonds. The molecule has 0 spiro atoms. The highest BCUT2D eigenvalue weighted by atomic mass is 16.6. The van der Waals surface area contributed by atoms with E-state index in [1.165, 1.54) is 0 Å². The van der Waals surface area contributed by atoms with E-state index in [0.29, 0.717) is 25.9 Å². The van der Waals surface area contributed by atoms with Crippen molar-refractivity contribution in [1.29, 1.82) is 0 Å². The molecule has 11 heteroatoms. The largest absolute Gasteiger partial charge is 0.444 e. The quantitative estimate of drug-likeness (QED) is 0.403. The Hall–Kier alpha value is -4.38. The number of nitrogens with zero attached hydrogens (tertiary/aromatic N) is 6. The van der Waals surface area contributed by atoms with Gasteiger partial charge >= 0.3 is 11.8 Å². The molecule has 1 aromatic carbocycles. The zero-order valence-corrected chi connectivity index (χ0v) is 23.4. The first kappa shape index (κ1) is 25.9. The molecule has 0 aliphatic carbocycles. The van der Waals surface area contributed by atoms with Crippen molar-refractivity contribution in [2.45, 2.75) is 45.3 Å². The molecule has 4 aromatic rings. The molecule has 6 rings (SSSR count). The molecule has 0 saturated carbocycles. The molecule has 1 fully saturated rings. The third-order valence-corrected chi connectivity index (χ3v) is 7.46. The minimum atomic E-state index is -0.543. The summed E-state index contributed by atoms with van der Waals surface area (Å²) in [6.45, 7) is 6.67. The molecule has 2 aliphatic rings. The molecule has 5 heterocycles. The number of carbonyl (C=O) groups excluding carboxylic acids is 1.